The van der Waals surface area contributed by atoms with Gasteiger partial charge in [0, 0.05) is 36.1 Å². The van der Waals surface area contributed by atoms with Crippen LogP contribution in [0.15, 0.2) is 65.8 Å². The predicted octanol–water partition coefficient (Wildman–Crippen LogP) is 5.00. The number of benzene rings is 2. The summed E-state index contributed by atoms with van der Waals surface area (Å²) in [4.78, 5) is 35.2. The lowest BCUT2D eigenvalue weighted by molar-refractivity contribution is 0.101. The van der Waals surface area contributed by atoms with Gasteiger partial charge < -0.3 is 11.1 Å². The molecule has 3 aromatic heterocycles. The van der Waals surface area contributed by atoms with Crippen LogP contribution in [0, 0.1) is 17.7 Å². The molecule has 0 spiro atoms. The van der Waals surface area contributed by atoms with Crippen LogP contribution < -0.4 is 16.5 Å². The summed E-state index contributed by atoms with van der Waals surface area (Å²) in [5.41, 5.74) is 8.72. The van der Waals surface area contributed by atoms with Crippen LogP contribution >= 0.6 is 0 Å². The number of amides is 1. The Labute approximate surface area is 236 Å². The zero-order chi connectivity index (χ0) is 29.3. The maximum absolute atomic E-state index is 13.5. The lowest BCUT2D eigenvalue weighted by atomic mass is 10.1. The number of nitrogens with zero attached hydrogens (tertiary/aromatic N) is 6. The van der Waals surface area contributed by atoms with E-state index in [1.165, 1.54) is 30.6 Å². The molecule has 10 nitrogen and oxygen atoms in total. The molecule has 210 valence electrons. The highest BCUT2D eigenvalue weighted by molar-refractivity contribution is 6.03. The van der Waals surface area contributed by atoms with E-state index >= 15 is 0 Å². The number of nitrogen functional groups attached to an aromatic ring is 1. The van der Waals surface area contributed by atoms with Gasteiger partial charge in [-0.15, -0.1) is 0 Å². The van der Waals surface area contributed by atoms with Crippen molar-refractivity contribution in [2.75, 3.05) is 11.1 Å². The van der Waals surface area contributed by atoms with Crippen molar-refractivity contribution in [2.45, 2.75) is 40.8 Å². The van der Waals surface area contributed by atoms with E-state index < -0.39 is 17.2 Å². The summed E-state index contributed by atoms with van der Waals surface area (Å²) in [5, 5.41) is 12.5. The molecule has 11 heteroatoms. The van der Waals surface area contributed by atoms with Crippen molar-refractivity contribution in [2.24, 2.45) is 11.8 Å². The second-order valence-electron chi connectivity index (χ2n) is 10.8. The fourth-order valence-corrected chi connectivity index (χ4v) is 4.60. The van der Waals surface area contributed by atoms with Gasteiger partial charge in [0.25, 0.3) is 5.91 Å². The lowest BCUT2D eigenvalue weighted by Gasteiger charge is -2.13. The molecule has 5 aromatic rings. The molecule has 0 radical (unpaired) electrons. The average Bonchev–Trinajstić information content (AvgIpc) is 3.29. The minimum atomic E-state index is -0.645. The number of nitrogens with one attached hydrogen (secondary N) is 1. The van der Waals surface area contributed by atoms with Gasteiger partial charge in [-0.2, -0.15) is 10.2 Å². The Morgan fingerprint density at radius 1 is 0.927 bits per heavy atom. The third kappa shape index (κ3) is 5.84. The molecule has 1 amide bonds. The molecule has 0 saturated carbocycles. The smallest absolute Gasteiger partial charge is 0.280 e. The van der Waals surface area contributed by atoms with E-state index in [9.17, 15) is 14.0 Å². The Morgan fingerprint density at radius 2 is 1.59 bits per heavy atom. The number of nitrogens with two attached hydrogens (primary N) is 1. The van der Waals surface area contributed by atoms with E-state index in [4.69, 9.17) is 10.8 Å². The number of rotatable bonds is 8. The predicted molar refractivity (Wildman–Crippen MR) is 157 cm³/mol. The number of hydrogen-bond donors (Lipinski definition) is 2. The standard InChI is InChI=1S/C30H31FN8O2/c1-17(2)13-38-15-23(19-5-9-21(31)10-6-19)27(40)26(36-38)30(41)35-22-11-7-20(8-12-22)25-24-28(32)33-16-34-29(24)39(37-25)14-18(3)4/h5-12,15-18H,13-14H2,1-4H3,(H,35,41)(H2,32,33,34). The second-order valence-corrected chi connectivity index (χ2v) is 10.8. The van der Waals surface area contributed by atoms with E-state index in [2.05, 4.69) is 34.2 Å². The van der Waals surface area contributed by atoms with Crippen LogP contribution in [0.5, 0.6) is 0 Å². The highest BCUT2D eigenvalue weighted by Gasteiger charge is 2.20. The van der Waals surface area contributed by atoms with Gasteiger partial charge in [0.05, 0.1) is 5.39 Å². The van der Waals surface area contributed by atoms with Crippen molar-refractivity contribution >= 4 is 28.4 Å². The van der Waals surface area contributed by atoms with Gasteiger partial charge in [-0.25, -0.2) is 19.0 Å². The fourth-order valence-electron chi connectivity index (χ4n) is 4.60. The normalized spacial score (nSPS) is 11.5. The minimum absolute atomic E-state index is 0.217. The number of halogens is 1. The van der Waals surface area contributed by atoms with Crippen LogP contribution in [0.3, 0.4) is 0 Å². The van der Waals surface area contributed by atoms with Crippen molar-refractivity contribution in [1.29, 1.82) is 0 Å². The number of aromatic nitrogens is 6. The van der Waals surface area contributed by atoms with E-state index in [1.54, 1.807) is 23.0 Å². The van der Waals surface area contributed by atoms with Crippen LogP contribution in [-0.2, 0) is 13.1 Å². The van der Waals surface area contributed by atoms with Crippen LogP contribution in [0.25, 0.3) is 33.4 Å². The first kappa shape index (κ1) is 27.6. The van der Waals surface area contributed by atoms with E-state index in [-0.39, 0.29) is 17.2 Å². The molecule has 0 atom stereocenters. The second kappa shape index (κ2) is 11.3. The Kier molecular flexibility index (Phi) is 7.60. The van der Waals surface area contributed by atoms with Crippen molar-refractivity contribution in [3.8, 4) is 22.4 Å². The van der Waals surface area contributed by atoms with Crippen LogP contribution in [0.2, 0.25) is 0 Å². The molecule has 0 aliphatic heterocycles. The summed E-state index contributed by atoms with van der Waals surface area (Å²) in [6, 6.07) is 12.6. The molecule has 0 fully saturated rings. The monoisotopic (exact) mass is 554 g/mol. The van der Waals surface area contributed by atoms with E-state index in [0.29, 0.717) is 52.8 Å². The van der Waals surface area contributed by atoms with E-state index in [1.807, 2.05) is 30.7 Å². The summed E-state index contributed by atoms with van der Waals surface area (Å²) in [6.45, 7) is 9.36. The maximum Gasteiger partial charge on any atom is 0.280 e. The summed E-state index contributed by atoms with van der Waals surface area (Å²) in [6.07, 6.45) is 3.02. The number of hydrogen-bond acceptors (Lipinski definition) is 7. The van der Waals surface area contributed by atoms with Gasteiger partial charge in [0.15, 0.2) is 11.3 Å². The zero-order valence-corrected chi connectivity index (χ0v) is 23.3. The summed E-state index contributed by atoms with van der Waals surface area (Å²) >= 11 is 0. The van der Waals surface area contributed by atoms with Crippen molar-refractivity contribution < 1.29 is 9.18 Å². The van der Waals surface area contributed by atoms with Gasteiger partial charge in [-0.05, 0) is 41.7 Å². The molecular formula is C30H31FN8O2. The summed E-state index contributed by atoms with van der Waals surface area (Å²) in [7, 11) is 0. The molecule has 41 heavy (non-hydrogen) atoms. The molecule has 0 aliphatic rings. The fraction of sp³-hybridized carbons (Fsp3) is 0.267. The zero-order valence-electron chi connectivity index (χ0n) is 23.3. The molecular weight excluding hydrogens is 523 g/mol. The number of anilines is 2. The van der Waals surface area contributed by atoms with Crippen LogP contribution in [-0.4, -0.2) is 35.4 Å². The molecule has 3 heterocycles. The van der Waals surface area contributed by atoms with Gasteiger partial charge in [0.2, 0.25) is 5.43 Å². The van der Waals surface area contributed by atoms with E-state index in [0.717, 1.165) is 5.56 Å². The van der Waals surface area contributed by atoms with Crippen LogP contribution in [0.4, 0.5) is 15.9 Å². The van der Waals surface area contributed by atoms with Crippen molar-refractivity contribution in [3.05, 3.63) is 82.8 Å². The molecule has 0 saturated heterocycles. The van der Waals surface area contributed by atoms with Gasteiger partial charge in [-0.1, -0.05) is 52.0 Å². The van der Waals surface area contributed by atoms with Gasteiger partial charge >= 0.3 is 0 Å². The minimum Gasteiger partial charge on any atom is -0.383 e. The topological polar surface area (TPSA) is 134 Å². The molecule has 0 aliphatic carbocycles. The number of fused-ring (bicyclic) bond motifs is 1. The molecule has 2 aromatic carbocycles. The third-order valence-corrected chi connectivity index (χ3v) is 6.40. The summed E-state index contributed by atoms with van der Waals surface area (Å²) in [5.74, 6) is -0.161. The van der Waals surface area contributed by atoms with Gasteiger partial charge in [0.1, 0.15) is 23.7 Å². The maximum atomic E-state index is 13.5. The van der Waals surface area contributed by atoms with Crippen LogP contribution in [0.1, 0.15) is 38.2 Å². The molecule has 0 unspecified atom stereocenters. The quantitative estimate of drug-likeness (QED) is 0.276. The first-order valence-corrected chi connectivity index (χ1v) is 13.4. The number of carbonyl (C=O) groups is 1. The molecule has 0 bridgehead atoms. The molecule has 3 N–H and O–H groups in total. The largest absolute Gasteiger partial charge is 0.383 e. The highest BCUT2D eigenvalue weighted by Crippen LogP contribution is 2.31. The Hall–Kier alpha value is -4.93. The van der Waals surface area contributed by atoms with Gasteiger partial charge in [-0.3, -0.25) is 14.3 Å². The average molecular weight is 555 g/mol. The highest BCUT2D eigenvalue weighted by atomic mass is 19.1. The Balaban J connectivity index is 1.46. The first-order valence-electron chi connectivity index (χ1n) is 13.4. The Bertz CT molecular complexity index is 1770. The summed E-state index contributed by atoms with van der Waals surface area (Å²) < 4.78 is 16.9. The number of carbonyl (C=O) groups excluding carboxylic acids is 1. The SMILES string of the molecule is CC(C)Cn1cc(-c2ccc(F)cc2)c(=O)c(C(=O)Nc2ccc(-c3nn(CC(C)C)c4ncnc(N)c34)cc2)n1. The van der Waals surface area contributed by atoms with Crippen molar-refractivity contribution in [3.63, 3.8) is 0 Å². The lowest BCUT2D eigenvalue weighted by Crippen LogP contribution is -2.28. The third-order valence-electron chi connectivity index (χ3n) is 6.40. The van der Waals surface area contributed by atoms with Crippen molar-refractivity contribution in [1.82, 2.24) is 29.5 Å². The first-order chi connectivity index (χ1) is 19.6. The molecule has 5 rings (SSSR count). The Morgan fingerprint density at radius 3 is 2.24 bits per heavy atom.